The molecule has 0 fully saturated rings. The number of rotatable bonds is 6. The Labute approximate surface area is 121 Å². The number of para-hydroxylation sites is 1. The monoisotopic (exact) mass is 269 g/mol. The van der Waals surface area contributed by atoms with E-state index in [1.165, 1.54) is 22.4 Å². The van der Waals surface area contributed by atoms with Crippen LogP contribution in [0, 0.1) is 0 Å². The van der Waals surface area contributed by atoms with Crippen molar-refractivity contribution in [1.82, 2.24) is 0 Å². The fourth-order valence-corrected chi connectivity index (χ4v) is 2.28. The topological polar surface area (TPSA) is 21.3 Å². The van der Waals surface area contributed by atoms with Crippen molar-refractivity contribution in [3.05, 3.63) is 65.2 Å². The van der Waals surface area contributed by atoms with E-state index in [0.29, 0.717) is 12.5 Å². The molecule has 0 saturated heterocycles. The van der Waals surface area contributed by atoms with Crippen LogP contribution < -0.4 is 5.32 Å². The van der Waals surface area contributed by atoms with E-state index in [0.717, 1.165) is 6.54 Å². The smallest absolute Gasteiger partial charge is 0.0713 e. The van der Waals surface area contributed by atoms with Gasteiger partial charge in [-0.05, 0) is 28.7 Å². The van der Waals surface area contributed by atoms with Gasteiger partial charge in [-0.2, -0.15) is 0 Å². The van der Waals surface area contributed by atoms with Crippen molar-refractivity contribution in [2.24, 2.45) is 0 Å². The molecule has 0 saturated carbocycles. The van der Waals surface area contributed by atoms with Crippen LogP contribution in [0.15, 0.2) is 48.5 Å². The van der Waals surface area contributed by atoms with Gasteiger partial charge in [0.15, 0.2) is 0 Å². The third kappa shape index (κ3) is 3.84. The highest BCUT2D eigenvalue weighted by molar-refractivity contribution is 5.52. The van der Waals surface area contributed by atoms with Gasteiger partial charge in [0.25, 0.3) is 0 Å². The van der Waals surface area contributed by atoms with Gasteiger partial charge in [0, 0.05) is 19.3 Å². The summed E-state index contributed by atoms with van der Waals surface area (Å²) >= 11 is 0. The van der Waals surface area contributed by atoms with Crippen molar-refractivity contribution in [3.63, 3.8) is 0 Å². The van der Waals surface area contributed by atoms with Crippen LogP contribution in [-0.2, 0) is 17.9 Å². The van der Waals surface area contributed by atoms with Crippen molar-refractivity contribution < 1.29 is 4.74 Å². The quantitative estimate of drug-likeness (QED) is 0.829. The largest absolute Gasteiger partial charge is 0.381 e. The highest BCUT2D eigenvalue weighted by Gasteiger charge is 2.05. The molecule has 0 aromatic heterocycles. The zero-order valence-electron chi connectivity index (χ0n) is 12.5. The average molecular weight is 269 g/mol. The van der Waals surface area contributed by atoms with Gasteiger partial charge in [-0.25, -0.2) is 0 Å². The first-order chi connectivity index (χ1) is 9.70. The summed E-state index contributed by atoms with van der Waals surface area (Å²) in [6.45, 7) is 5.96. The Bertz CT molecular complexity index is 531. The minimum atomic E-state index is 0.530. The molecule has 0 radical (unpaired) electrons. The first-order valence-corrected chi connectivity index (χ1v) is 7.10. The maximum absolute atomic E-state index is 5.12. The second-order valence-corrected chi connectivity index (χ2v) is 5.35. The zero-order valence-corrected chi connectivity index (χ0v) is 12.5. The summed E-state index contributed by atoms with van der Waals surface area (Å²) < 4.78 is 5.12. The molecule has 0 unspecified atom stereocenters. The van der Waals surface area contributed by atoms with E-state index in [-0.39, 0.29) is 0 Å². The first-order valence-electron chi connectivity index (χ1n) is 7.10. The lowest BCUT2D eigenvalue weighted by atomic mass is 10.0. The number of hydrogen-bond acceptors (Lipinski definition) is 2. The van der Waals surface area contributed by atoms with Crippen molar-refractivity contribution in [3.8, 4) is 0 Å². The van der Waals surface area contributed by atoms with E-state index < -0.39 is 0 Å². The molecule has 2 aromatic carbocycles. The second kappa shape index (κ2) is 7.11. The summed E-state index contributed by atoms with van der Waals surface area (Å²) in [5.74, 6) is 0.530. The van der Waals surface area contributed by atoms with Crippen LogP contribution in [0.2, 0.25) is 0 Å². The normalized spacial score (nSPS) is 10.8. The Morgan fingerprint density at radius 3 is 2.25 bits per heavy atom. The number of benzene rings is 2. The van der Waals surface area contributed by atoms with Gasteiger partial charge >= 0.3 is 0 Å². The van der Waals surface area contributed by atoms with Crippen molar-refractivity contribution in [2.45, 2.75) is 32.9 Å². The van der Waals surface area contributed by atoms with E-state index in [4.69, 9.17) is 4.74 Å². The standard InChI is InChI=1S/C18H23NO/c1-14(2)17-6-4-5-7-18(17)19-12-15-8-10-16(11-9-15)13-20-3/h4-11,14,19H,12-13H2,1-3H3. The van der Waals surface area contributed by atoms with Gasteiger partial charge in [-0.3, -0.25) is 0 Å². The van der Waals surface area contributed by atoms with Crippen LogP contribution in [0.1, 0.15) is 36.5 Å². The molecule has 0 aliphatic heterocycles. The maximum Gasteiger partial charge on any atom is 0.0713 e. The van der Waals surface area contributed by atoms with Crippen LogP contribution in [-0.4, -0.2) is 7.11 Å². The molecule has 0 atom stereocenters. The van der Waals surface area contributed by atoms with Gasteiger partial charge in [-0.1, -0.05) is 56.3 Å². The molecule has 0 heterocycles. The lowest BCUT2D eigenvalue weighted by Gasteiger charge is -2.14. The van der Waals surface area contributed by atoms with Crippen molar-refractivity contribution >= 4 is 5.69 Å². The van der Waals surface area contributed by atoms with Gasteiger partial charge in [0.1, 0.15) is 0 Å². The fourth-order valence-electron chi connectivity index (χ4n) is 2.28. The summed E-state index contributed by atoms with van der Waals surface area (Å²) in [6, 6.07) is 17.1. The van der Waals surface area contributed by atoms with E-state index in [1.807, 2.05) is 0 Å². The summed E-state index contributed by atoms with van der Waals surface area (Å²) in [5, 5.41) is 3.53. The Hall–Kier alpha value is -1.80. The first kappa shape index (κ1) is 14.6. The molecule has 2 heteroatoms. The second-order valence-electron chi connectivity index (χ2n) is 5.35. The van der Waals surface area contributed by atoms with Crippen LogP contribution in [0.5, 0.6) is 0 Å². The van der Waals surface area contributed by atoms with E-state index in [2.05, 4.69) is 67.7 Å². The Morgan fingerprint density at radius 2 is 1.60 bits per heavy atom. The van der Waals surface area contributed by atoms with E-state index >= 15 is 0 Å². The minimum Gasteiger partial charge on any atom is -0.381 e. The zero-order chi connectivity index (χ0) is 14.4. The number of methoxy groups -OCH3 is 1. The van der Waals surface area contributed by atoms with Crippen molar-refractivity contribution in [2.75, 3.05) is 12.4 Å². The number of hydrogen-bond donors (Lipinski definition) is 1. The minimum absolute atomic E-state index is 0.530. The fraction of sp³-hybridized carbons (Fsp3) is 0.333. The lowest BCUT2D eigenvalue weighted by Crippen LogP contribution is -2.03. The van der Waals surface area contributed by atoms with Gasteiger partial charge in [-0.15, -0.1) is 0 Å². The van der Waals surface area contributed by atoms with Gasteiger partial charge in [0.2, 0.25) is 0 Å². The predicted octanol–water partition coefficient (Wildman–Crippen LogP) is 4.57. The molecule has 106 valence electrons. The maximum atomic E-state index is 5.12. The predicted molar refractivity (Wildman–Crippen MR) is 85.0 cm³/mol. The molecule has 0 aliphatic rings. The molecular formula is C18H23NO. The molecule has 2 rings (SSSR count). The Balaban J connectivity index is 2.01. The molecule has 0 bridgehead atoms. The SMILES string of the molecule is COCc1ccc(CNc2ccccc2C(C)C)cc1. The van der Waals surface area contributed by atoms with Gasteiger partial charge in [0.05, 0.1) is 6.61 Å². The van der Waals surface area contributed by atoms with Crippen molar-refractivity contribution in [1.29, 1.82) is 0 Å². The number of anilines is 1. The summed E-state index contributed by atoms with van der Waals surface area (Å²) in [4.78, 5) is 0. The molecule has 0 spiro atoms. The molecule has 20 heavy (non-hydrogen) atoms. The molecule has 2 aromatic rings. The summed E-state index contributed by atoms with van der Waals surface area (Å²) in [6.07, 6.45) is 0. The molecule has 0 aliphatic carbocycles. The van der Waals surface area contributed by atoms with E-state index in [9.17, 15) is 0 Å². The van der Waals surface area contributed by atoms with Crippen LogP contribution in [0.25, 0.3) is 0 Å². The highest BCUT2D eigenvalue weighted by Crippen LogP contribution is 2.24. The summed E-state index contributed by atoms with van der Waals surface area (Å²) in [5.41, 5.74) is 5.08. The molecule has 0 amide bonds. The van der Waals surface area contributed by atoms with Crippen LogP contribution >= 0.6 is 0 Å². The lowest BCUT2D eigenvalue weighted by molar-refractivity contribution is 0.185. The Kier molecular flexibility index (Phi) is 5.19. The molecule has 1 N–H and O–H groups in total. The summed E-state index contributed by atoms with van der Waals surface area (Å²) in [7, 11) is 1.72. The van der Waals surface area contributed by atoms with Crippen LogP contribution in [0.3, 0.4) is 0 Å². The third-order valence-electron chi connectivity index (χ3n) is 3.40. The average Bonchev–Trinajstić information content (AvgIpc) is 2.47. The highest BCUT2D eigenvalue weighted by atomic mass is 16.5. The number of ether oxygens (including phenoxy) is 1. The Morgan fingerprint density at radius 1 is 0.950 bits per heavy atom. The molecule has 2 nitrogen and oxygen atoms in total. The molecular weight excluding hydrogens is 246 g/mol. The van der Waals surface area contributed by atoms with E-state index in [1.54, 1.807) is 7.11 Å². The van der Waals surface area contributed by atoms with Gasteiger partial charge < -0.3 is 10.1 Å². The number of nitrogens with one attached hydrogen (secondary N) is 1. The van der Waals surface area contributed by atoms with Crippen LogP contribution in [0.4, 0.5) is 5.69 Å². The third-order valence-corrected chi connectivity index (χ3v) is 3.40.